The van der Waals surface area contributed by atoms with E-state index < -0.39 is 48.8 Å². The van der Waals surface area contributed by atoms with Crippen LogP contribution in [0, 0.1) is 0 Å². The van der Waals surface area contributed by atoms with Gasteiger partial charge in [0.1, 0.15) is 12.1 Å². The molecule has 0 aromatic carbocycles. The van der Waals surface area contributed by atoms with Crippen molar-refractivity contribution in [3.63, 3.8) is 0 Å². The molecule has 0 amide bonds. The van der Waals surface area contributed by atoms with Gasteiger partial charge >= 0.3 is 40.9 Å². The molecule has 0 heterocycles. The number of carboxylic acids is 4. The fourth-order valence-electron chi connectivity index (χ4n) is 0.551. The summed E-state index contributed by atoms with van der Waals surface area (Å²) in [5, 5.41) is 32.1. The van der Waals surface area contributed by atoms with Crippen LogP contribution in [0.3, 0.4) is 0 Å². The van der Waals surface area contributed by atoms with Gasteiger partial charge in [-0.1, -0.05) is 0 Å². The van der Waals surface area contributed by atoms with E-state index in [4.69, 9.17) is 31.9 Å². The fourth-order valence-corrected chi connectivity index (χ4v) is 0.551. The number of nitrogens with two attached hydrogens (primary N) is 2. The van der Waals surface area contributed by atoms with Crippen LogP contribution in [0.15, 0.2) is 0 Å². The van der Waals surface area contributed by atoms with Crippen LogP contribution in [0.4, 0.5) is 0 Å². The Morgan fingerprint density at radius 3 is 1.00 bits per heavy atom. The molecule has 11 heteroatoms. The van der Waals surface area contributed by atoms with Gasteiger partial charge in [0.05, 0.1) is 12.8 Å². The molecule has 0 aromatic rings. The van der Waals surface area contributed by atoms with E-state index in [2.05, 4.69) is 0 Å². The van der Waals surface area contributed by atoms with Gasteiger partial charge in [-0.3, -0.25) is 19.2 Å². The molecule has 1 radical (unpaired) electrons. The molecule has 0 bridgehead atoms. The van der Waals surface area contributed by atoms with Crippen LogP contribution in [0.5, 0.6) is 0 Å². The smallest absolute Gasteiger partial charge is 0.481 e. The average molecular weight is 322 g/mol. The Labute approximate surface area is 117 Å². The van der Waals surface area contributed by atoms with Crippen LogP contribution in [0.2, 0.25) is 0 Å². The normalized spacial score (nSPS) is 11.9. The number of aliphatic carboxylic acids is 4. The van der Waals surface area contributed by atoms with E-state index in [1.165, 1.54) is 0 Å². The van der Waals surface area contributed by atoms with E-state index in [-0.39, 0.29) is 17.1 Å². The SMILES string of the molecule is N[C@@H](CC(=O)O)C(=O)O.N[C@@H](CC(=O)O)C(=O)O.[Fe+3]. The second kappa shape index (κ2) is 11.4. The van der Waals surface area contributed by atoms with Crippen molar-refractivity contribution in [3.05, 3.63) is 0 Å². The first-order valence-electron chi connectivity index (χ1n) is 4.48. The van der Waals surface area contributed by atoms with Crippen LogP contribution in [0.1, 0.15) is 12.8 Å². The topological polar surface area (TPSA) is 201 Å². The van der Waals surface area contributed by atoms with Crippen molar-refractivity contribution in [2.24, 2.45) is 11.5 Å². The van der Waals surface area contributed by atoms with E-state index >= 15 is 0 Å². The molecule has 0 aliphatic heterocycles. The predicted octanol–water partition coefficient (Wildman–Crippen LogP) is -2.26. The Bertz CT molecular complexity index is 303. The largest absolute Gasteiger partial charge is 3.00 e. The van der Waals surface area contributed by atoms with Crippen molar-refractivity contribution in [3.8, 4) is 0 Å². The summed E-state index contributed by atoms with van der Waals surface area (Å²) in [5.41, 5.74) is 9.67. The van der Waals surface area contributed by atoms with E-state index in [9.17, 15) is 19.2 Å². The molecule has 0 rings (SSSR count). The summed E-state index contributed by atoms with van der Waals surface area (Å²) in [7, 11) is 0. The number of rotatable bonds is 6. The molecule has 0 spiro atoms. The summed E-state index contributed by atoms with van der Waals surface area (Å²) < 4.78 is 0. The Kier molecular flexibility index (Phi) is 13.5. The minimum absolute atomic E-state index is 0. The number of carbonyl (C=O) groups is 4. The maximum absolute atomic E-state index is 9.85. The maximum atomic E-state index is 9.85. The molecule has 0 saturated heterocycles. The molecular weight excluding hydrogens is 308 g/mol. The third-order valence-electron chi connectivity index (χ3n) is 1.42. The summed E-state index contributed by atoms with van der Waals surface area (Å²) >= 11 is 0. The zero-order valence-corrected chi connectivity index (χ0v) is 10.6. The average Bonchev–Trinajstić information content (AvgIpc) is 2.16. The Balaban J connectivity index is -0.000000256. The molecule has 0 aromatic heterocycles. The second-order valence-electron chi connectivity index (χ2n) is 3.09. The van der Waals surface area contributed by atoms with Crippen LogP contribution in [-0.4, -0.2) is 56.4 Å². The first-order chi connectivity index (χ1) is 8.07. The van der Waals surface area contributed by atoms with Gasteiger partial charge in [0, 0.05) is 0 Å². The molecule has 0 aliphatic carbocycles. The zero-order valence-electron chi connectivity index (χ0n) is 9.50. The van der Waals surface area contributed by atoms with Gasteiger partial charge in [0.25, 0.3) is 0 Å². The van der Waals surface area contributed by atoms with Gasteiger partial charge in [0.2, 0.25) is 0 Å². The van der Waals surface area contributed by atoms with Crippen molar-refractivity contribution in [2.45, 2.75) is 24.9 Å². The molecule has 0 fully saturated rings. The number of carboxylic acid groups (broad SMARTS) is 4. The second-order valence-corrected chi connectivity index (χ2v) is 3.09. The van der Waals surface area contributed by atoms with Crippen LogP contribution in [-0.2, 0) is 36.2 Å². The molecular formula is C8H14FeN2O8+3. The van der Waals surface area contributed by atoms with Crippen LogP contribution in [0.25, 0.3) is 0 Å². The number of hydrogen-bond acceptors (Lipinski definition) is 6. The minimum atomic E-state index is -1.29. The van der Waals surface area contributed by atoms with Crippen molar-refractivity contribution >= 4 is 23.9 Å². The van der Waals surface area contributed by atoms with E-state index in [0.29, 0.717) is 0 Å². The monoisotopic (exact) mass is 322 g/mol. The molecule has 109 valence electrons. The van der Waals surface area contributed by atoms with Gasteiger partial charge < -0.3 is 31.9 Å². The molecule has 0 unspecified atom stereocenters. The third kappa shape index (κ3) is 16.3. The Hall–Kier alpha value is -1.68. The van der Waals surface area contributed by atoms with Gasteiger partial charge in [-0.15, -0.1) is 0 Å². The van der Waals surface area contributed by atoms with Crippen LogP contribution >= 0.6 is 0 Å². The van der Waals surface area contributed by atoms with Gasteiger partial charge in [-0.2, -0.15) is 0 Å². The number of hydrogen-bond donors (Lipinski definition) is 6. The van der Waals surface area contributed by atoms with E-state index in [1.807, 2.05) is 0 Å². The van der Waals surface area contributed by atoms with Gasteiger partial charge in [-0.25, -0.2) is 0 Å². The standard InChI is InChI=1S/2C4H7NO4.Fe/c2*5-2(4(8)9)1-3(6)7;/h2*2H,1,5H2,(H,6,7)(H,8,9);/q;;+3/t2*2-;/m00./s1. The van der Waals surface area contributed by atoms with Crippen molar-refractivity contribution in [1.82, 2.24) is 0 Å². The Morgan fingerprint density at radius 2 is 0.947 bits per heavy atom. The summed E-state index contributed by atoms with van der Waals surface area (Å²) in [6.45, 7) is 0. The first kappa shape index (κ1) is 22.5. The predicted molar refractivity (Wildman–Crippen MR) is 55.7 cm³/mol. The maximum Gasteiger partial charge on any atom is 3.00 e. The molecule has 0 saturated carbocycles. The summed E-state index contributed by atoms with van der Waals surface area (Å²) in [5.74, 6) is -5.00. The van der Waals surface area contributed by atoms with Crippen molar-refractivity contribution in [1.29, 1.82) is 0 Å². The summed E-state index contributed by atoms with van der Waals surface area (Å²) in [4.78, 5) is 39.2. The Morgan fingerprint density at radius 1 is 0.737 bits per heavy atom. The summed E-state index contributed by atoms with van der Waals surface area (Å²) in [6.07, 6.45) is -1.06. The van der Waals surface area contributed by atoms with Gasteiger partial charge in [-0.05, 0) is 0 Å². The van der Waals surface area contributed by atoms with E-state index in [1.54, 1.807) is 0 Å². The quantitative estimate of drug-likeness (QED) is 0.290. The third-order valence-corrected chi connectivity index (χ3v) is 1.42. The molecule has 10 nitrogen and oxygen atoms in total. The molecule has 8 N–H and O–H groups in total. The van der Waals surface area contributed by atoms with Crippen LogP contribution < -0.4 is 11.5 Å². The van der Waals surface area contributed by atoms with Crippen molar-refractivity contribution < 1.29 is 56.7 Å². The zero-order chi connectivity index (χ0) is 14.9. The van der Waals surface area contributed by atoms with Gasteiger partial charge in [0.15, 0.2) is 0 Å². The fraction of sp³-hybridized carbons (Fsp3) is 0.500. The summed E-state index contributed by atoms with van der Waals surface area (Å²) in [6, 6.07) is -2.58. The molecule has 2 atom stereocenters. The van der Waals surface area contributed by atoms with Crippen molar-refractivity contribution in [2.75, 3.05) is 0 Å². The molecule has 19 heavy (non-hydrogen) atoms. The minimum Gasteiger partial charge on any atom is -0.481 e. The van der Waals surface area contributed by atoms with E-state index in [0.717, 1.165) is 0 Å². The first-order valence-corrected chi connectivity index (χ1v) is 4.48. The molecule has 0 aliphatic rings.